The number of nitrogens with two attached hydrogens (primary N) is 1. The van der Waals surface area contributed by atoms with E-state index in [4.69, 9.17) is 5.73 Å². The normalized spacial score (nSPS) is 15.1. The zero-order chi connectivity index (χ0) is 10.8. The summed E-state index contributed by atoms with van der Waals surface area (Å²) in [5.41, 5.74) is 6.05. The largest absolute Gasteiger partial charge is 0.328 e. The molecule has 1 atom stereocenters. The van der Waals surface area contributed by atoms with Crippen molar-refractivity contribution >= 4 is 0 Å². The minimum atomic E-state index is -0.322. The van der Waals surface area contributed by atoms with Gasteiger partial charge in [0.15, 0.2) is 0 Å². The van der Waals surface area contributed by atoms with Crippen molar-refractivity contribution in [3.8, 4) is 0 Å². The summed E-state index contributed by atoms with van der Waals surface area (Å²) in [5.74, 6) is 0. The van der Waals surface area contributed by atoms with Crippen molar-refractivity contribution < 1.29 is 0 Å². The minimum Gasteiger partial charge on any atom is -0.328 e. The van der Waals surface area contributed by atoms with Crippen LogP contribution in [0, 0.1) is 6.92 Å². The van der Waals surface area contributed by atoms with Gasteiger partial charge < -0.3 is 5.73 Å². The maximum atomic E-state index is 11.7. The highest BCUT2D eigenvalue weighted by atomic mass is 16.1. The summed E-state index contributed by atoms with van der Waals surface area (Å²) in [6.45, 7) is 6.22. The molecule has 1 heterocycles. The number of nitrogens with zero attached hydrogens (tertiary/aromatic N) is 2. The highest BCUT2D eigenvalue weighted by Crippen LogP contribution is 2.15. The summed E-state index contributed by atoms with van der Waals surface area (Å²) in [6, 6.07) is 1.53. The van der Waals surface area contributed by atoms with Gasteiger partial charge in [0, 0.05) is 18.3 Å². The maximum absolute atomic E-state index is 11.7. The van der Waals surface area contributed by atoms with Crippen molar-refractivity contribution in [2.24, 2.45) is 5.73 Å². The van der Waals surface area contributed by atoms with Gasteiger partial charge >= 0.3 is 0 Å². The van der Waals surface area contributed by atoms with Crippen LogP contribution in [0.4, 0.5) is 0 Å². The molecule has 0 bridgehead atoms. The topological polar surface area (TPSA) is 60.9 Å². The van der Waals surface area contributed by atoms with E-state index in [9.17, 15) is 4.79 Å². The van der Waals surface area contributed by atoms with E-state index >= 15 is 0 Å². The third-order valence-corrected chi connectivity index (χ3v) is 2.73. The number of hydrogen-bond acceptors (Lipinski definition) is 3. The summed E-state index contributed by atoms with van der Waals surface area (Å²) in [7, 11) is 0. The van der Waals surface area contributed by atoms with Crippen LogP contribution in [0.15, 0.2) is 17.2 Å². The average Bonchev–Trinajstić information content (AvgIpc) is 2.17. The number of rotatable bonds is 3. The first kappa shape index (κ1) is 10.9. The van der Waals surface area contributed by atoms with Gasteiger partial charge in [-0.25, -0.2) is 4.98 Å². The van der Waals surface area contributed by atoms with Crippen molar-refractivity contribution in [3.63, 3.8) is 0 Å². The molecule has 0 saturated heterocycles. The zero-order valence-electron chi connectivity index (χ0n) is 8.95. The van der Waals surface area contributed by atoms with Crippen LogP contribution < -0.4 is 11.3 Å². The van der Waals surface area contributed by atoms with E-state index in [1.54, 1.807) is 17.8 Å². The second kappa shape index (κ2) is 3.92. The first-order chi connectivity index (χ1) is 6.53. The van der Waals surface area contributed by atoms with Gasteiger partial charge in [0.2, 0.25) is 0 Å². The van der Waals surface area contributed by atoms with Crippen molar-refractivity contribution in [2.75, 3.05) is 6.54 Å². The van der Waals surface area contributed by atoms with Crippen LogP contribution in [-0.4, -0.2) is 16.1 Å². The van der Waals surface area contributed by atoms with Crippen LogP contribution in [0.25, 0.3) is 0 Å². The SMILES string of the molecule is CCC(C)(CN)n1cnc(C)cc1=O. The molecule has 0 aliphatic rings. The molecule has 4 heteroatoms. The second-order valence-corrected chi connectivity index (χ2v) is 3.79. The maximum Gasteiger partial charge on any atom is 0.254 e. The van der Waals surface area contributed by atoms with E-state index < -0.39 is 0 Å². The smallest absolute Gasteiger partial charge is 0.254 e. The Morgan fingerprint density at radius 3 is 2.71 bits per heavy atom. The molecule has 14 heavy (non-hydrogen) atoms. The van der Waals surface area contributed by atoms with Gasteiger partial charge in [-0.2, -0.15) is 0 Å². The van der Waals surface area contributed by atoms with Crippen molar-refractivity contribution in [2.45, 2.75) is 32.7 Å². The van der Waals surface area contributed by atoms with Gasteiger partial charge in [-0.3, -0.25) is 9.36 Å². The second-order valence-electron chi connectivity index (χ2n) is 3.79. The van der Waals surface area contributed by atoms with Gasteiger partial charge in [-0.1, -0.05) is 6.92 Å². The van der Waals surface area contributed by atoms with Gasteiger partial charge in [-0.15, -0.1) is 0 Å². The molecular formula is C10H17N3O. The van der Waals surface area contributed by atoms with Crippen molar-refractivity contribution in [1.82, 2.24) is 9.55 Å². The number of aryl methyl sites for hydroxylation is 1. The molecule has 0 radical (unpaired) electrons. The average molecular weight is 195 g/mol. The van der Waals surface area contributed by atoms with E-state index in [2.05, 4.69) is 4.98 Å². The molecule has 1 unspecified atom stereocenters. The Kier molecular flexibility index (Phi) is 3.06. The van der Waals surface area contributed by atoms with Crippen LogP contribution >= 0.6 is 0 Å². The molecule has 2 N–H and O–H groups in total. The van der Waals surface area contributed by atoms with Gasteiger partial charge in [0.05, 0.1) is 11.9 Å². The number of aromatic nitrogens is 2. The van der Waals surface area contributed by atoms with Gasteiger partial charge in [0.25, 0.3) is 5.56 Å². The van der Waals surface area contributed by atoms with Gasteiger partial charge in [0.1, 0.15) is 0 Å². The fourth-order valence-corrected chi connectivity index (χ4v) is 1.31. The fourth-order valence-electron chi connectivity index (χ4n) is 1.31. The van der Waals surface area contributed by atoms with Crippen molar-refractivity contribution in [1.29, 1.82) is 0 Å². The molecular weight excluding hydrogens is 178 g/mol. The lowest BCUT2D eigenvalue weighted by Gasteiger charge is -2.28. The molecule has 1 rings (SSSR count). The Morgan fingerprint density at radius 2 is 2.29 bits per heavy atom. The Balaban J connectivity index is 3.25. The van der Waals surface area contributed by atoms with Crippen LogP contribution in [0.1, 0.15) is 26.0 Å². The highest BCUT2D eigenvalue weighted by molar-refractivity contribution is 4.99. The molecule has 1 aromatic rings. The molecule has 4 nitrogen and oxygen atoms in total. The third kappa shape index (κ3) is 1.85. The minimum absolute atomic E-state index is 0.0349. The van der Waals surface area contributed by atoms with E-state index in [-0.39, 0.29) is 11.1 Å². The number of hydrogen-bond donors (Lipinski definition) is 1. The lowest BCUT2D eigenvalue weighted by molar-refractivity contribution is 0.303. The Morgan fingerprint density at radius 1 is 1.64 bits per heavy atom. The highest BCUT2D eigenvalue weighted by Gasteiger charge is 2.23. The predicted octanol–water partition coefficient (Wildman–Crippen LogP) is 0.636. The monoisotopic (exact) mass is 195 g/mol. The molecule has 0 aliphatic heterocycles. The molecule has 0 aliphatic carbocycles. The van der Waals surface area contributed by atoms with E-state index in [1.807, 2.05) is 13.8 Å². The molecule has 0 fully saturated rings. The van der Waals surface area contributed by atoms with Gasteiger partial charge in [-0.05, 0) is 20.3 Å². The van der Waals surface area contributed by atoms with Crippen LogP contribution in [-0.2, 0) is 5.54 Å². The Hall–Kier alpha value is -1.16. The molecule has 0 saturated carbocycles. The van der Waals surface area contributed by atoms with E-state index in [0.717, 1.165) is 12.1 Å². The van der Waals surface area contributed by atoms with Crippen molar-refractivity contribution in [3.05, 3.63) is 28.4 Å². The lowest BCUT2D eigenvalue weighted by Crippen LogP contribution is -2.43. The quantitative estimate of drug-likeness (QED) is 0.769. The molecule has 78 valence electrons. The Labute approximate surface area is 83.8 Å². The third-order valence-electron chi connectivity index (χ3n) is 2.73. The van der Waals surface area contributed by atoms with Crippen LogP contribution in [0.5, 0.6) is 0 Å². The summed E-state index contributed by atoms with van der Waals surface area (Å²) < 4.78 is 1.61. The first-order valence-corrected chi connectivity index (χ1v) is 4.79. The molecule has 0 spiro atoms. The summed E-state index contributed by atoms with van der Waals surface area (Å²) in [5, 5.41) is 0. The predicted molar refractivity (Wildman–Crippen MR) is 56.2 cm³/mol. The Bertz CT molecular complexity index is 366. The summed E-state index contributed by atoms with van der Waals surface area (Å²) >= 11 is 0. The first-order valence-electron chi connectivity index (χ1n) is 4.79. The van der Waals surface area contributed by atoms with Crippen LogP contribution in [0.2, 0.25) is 0 Å². The summed E-state index contributed by atoms with van der Waals surface area (Å²) in [6.07, 6.45) is 2.39. The fraction of sp³-hybridized carbons (Fsp3) is 0.600. The summed E-state index contributed by atoms with van der Waals surface area (Å²) in [4.78, 5) is 15.8. The van der Waals surface area contributed by atoms with Crippen LogP contribution in [0.3, 0.4) is 0 Å². The zero-order valence-corrected chi connectivity index (χ0v) is 8.95. The molecule has 0 amide bonds. The standard InChI is InChI=1S/C10H17N3O/c1-4-10(3,6-11)13-7-12-8(2)5-9(13)14/h5,7H,4,6,11H2,1-3H3. The van der Waals surface area contributed by atoms with E-state index in [1.165, 1.54) is 6.07 Å². The molecule has 0 aromatic carbocycles. The van der Waals surface area contributed by atoms with E-state index in [0.29, 0.717) is 6.54 Å². The lowest BCUT2D eigenvalue weighted by atomic mass is 9.99. The molecule has 1 aromatic heterocycles.